The molecule has 2 aliphatic rings. The van der Waals surface area contributed by atoms with Crippen LogP contribution < -0.4 is 9.64 Å². The maximum Gasteiger partial charge on any atom is 0.265 e. The Hall–Kier alpha value is -6.03. The fraction of sp³-hybridized carbons (Fsp3) is 0.268. The average molecular weight is 715 g/mol. The minimum atomic E-state index is -0.650. The number of hydrogen-bond acceptors (Lipinski definition) is 8. The number of carbonyl (C=O) groups excluding carboxylic acids is 2. The van der Waals surface area contributed by atoms with E-state index < -0.39 is 11.7 Å². The van der Waals surface area contributed by atoms with Gasteiger partial charge in [-0.25, -0.2) is 9.37 Å². The van der Waals surface area contributed by atoms with Crippen LogP contribution in [0.5, 0.6) is 11.5 Å². The number of hydrogen-bond donors (Lipinski definition) is 1. The highest BCUT2D eigenvalue weighted by Gasteiger charge is 2.35. The second kappa shape index (κ2) is 14.9. The summed E-state index contributed by atoms with van der Waals surface area (Å²) in [5.74, 6) is -1.25. The number of phenols is 1. The van der Waals surface area contributed by atoms with Crippen LogP contribution in [0.15, 0.2) is 85.1 Å². The van der Waals surface area contributed by atoms with Crippen molar-refractivity contribution in [2.24, 2.45) is 7.05 Å². The zero-order valence-corrected chi connectivity index (χ0v) is 29.8. The molecule has 1 N–H and O–H groups in total. The first-order valence-corrected chi connectivity index (χ1v) is 17.4. The Morgan fingerprint density at radius 2 is 1.77 bits per heavy atom. The van der Waals surface area contributed by atoms with Gasteiger partial charge < -0.3 is 24.0 Å². The van der Waals surface area contributed by atoms with Crippen molar-refractivity contribution in [3.8, 4) is 28.8 Å². The zero-order chi connectivity index (χ0) is 37.2. The van der Waals surface area contributed by atoms with Crippen LogP contribution in [0.3, 0.4) is 0 Å². The van der Waals surface area contributed by atoms with Crippen molar-refractivity contribution in [1.82, 2.24) is 19.4 Å². The quantitative estimate of drug-likeness (QED) is 0.208. The van der Waals surface area contributed by atoms with Crippen molar-refractivity contribution < 1.29 is 28.6 Å². The number of aromatic nitrogens is 2. The molecule has 3 aromatic carbocycles. The molecule has 270 valence electrons. The maximum atomic E-state index is 15.7. The summed E-state index contributed by atoms with van der Waals surface area (Å²) in [4.78, 5) is 39.4. The van der Waals surface area contributed by atoms with E-state index in [1.807, 2.05) is 23.1 Å². The third kappa shape index (κ3) is 6.96. The molecule has 11 nitrogen and oxygen atoms in total. The summed E-state index contributed by atoms with van der Waals surface area (Å²) in [6, 6.07) is 23.5. The largest absolute Gasteiger partial charge is 0.508 e. The third-order valence-corrected chi connectivity index (χ3v) is 10.2. The summed E-state index contributed by atoms with van der Waals surface area (Å²) >= 11 is 0. The van der Waals surface area contributed by atoms with Gasteiger partial charge in [0.2, 0.25) is 0 Å². The fourth-order valence-corrected chi connectivity index (χ4v) is 7.18. The van der Waals surface area contributed by atoms with Gasteiger partial charge in [-0.15, -0.1) is 0 Å². The van der Waals surface area contributed by atoms with E-state index in [1.54, 1.807) is 36.7 Å². The predicted molar refractivity (Wildman–Crippen MR) is 197 cm³/mol. The number of benzene rings is 3. The van der Waals surface area contributed by atoms with Gasteiger partial charge in [0.25, 0.3) is 11.8 Å². The Bertz CT molecular complexity index is 2220. The van der Waals surface area contributed by atoms with Crippen molar-refractivity contribution in [2.75, 3.05) is 44.9 Å². The van der Waals surface area contributed by atoms with Crippen molar-refractivity contribution in [3.63, 3.8) is 0 Å². The number of pyridine rings is 1. The summed E-state index contributed by atoms with van der Waals surface area (Å²) in [7, 11) is 3.12. The lowest BCUT2D eigenvalue weighted by atomic mass is 9.92. The van der Waals surface area contributed by atoms with Crippen LogP contribution in [0.1, 0.15) is 43.1 Å². The fourth-order valence-electron chi connectivity index (χ4n) is 7.18. The van der Waals surface area contributed by atoms with Gasteiger partial charge in [-0.1, -0.05) is 24.3 Å². The van der Waals surface area contributed by atoms with Gasteiger partial charge in [0.1, 0.15) is 11.6 Å². The highest BCUT2D eigenvalue weighted by Crippen LogP contribution is 2.37. The average Bonchev–Trinajstić information content (AvgIpc) is 3.48. The molecule has 1 atom stereocenters. The molecule has 5 aromatic rings. The molecule has 0 unspecified atom stereocenters. The topological polar surface area (TPSA) is 124 Å². The number of aromatic hydroxyl groups is 1. The van der Waals surface area contributed by atoms with E-state index in [1.165, 1.54) is 60.2 Å². The van der Waals surface area contributed by atoms with E-state index in [9.17, 15) is 20.0 Å². The SMILES string of the molecule is COc1cc(C(=O)N2Cc3ccccc3C[C@H]2CN2CCOCC2)c(-c2cc(C(=O)N(c3ccc(O)cc3)c3cc(C#N)ccn3)c(C)n2C)cc1F. The molecule has 0 radical (unpaired) electrons. The Morgan fingerprint density at radius 3 is 2.49 bits per heavy atom. The van der Waals surface area contributed by atoms with Crippen LogP contribution in [-0.4, -0.2) is 82.3 Å². The van der Waals surface area contributed by atoms with Crippen LogP contribution >= 0.6 is 0 Å². The minimum Gasteiger partial charge on any atom is -0.508 e. The van der Waals surface area contributed by atoms with E-state index in [2.05, 4.69) is 22.0 Å². The second-order valence-electron chi connectivity index (χ2n) is 13.3. The molecule has 7 rings (SSSR count). The molecular weight excluding hydrogens is 675 g/mol. The lowest BCUT2D eigenvalue weighted by molar-refractivity contribution is 0.0193. The predicted octanol–water partition coefficient (Wildman–Crippen LogP) is 6.00. The van der Waals surface area contributed by atoms with E-state index in [0.717, 1.165) is 18.7 Å². The number of fused-ring (bicyclic) bond motifs is 1. The third-order valence-electron chi connectivity index (χ3n) is 10.2. The molecule has 12 heteroatoms. The number of phenolic OH excluding ortho intramolecular Hbond substituents is 1. The number of amides is 2. The van der Waals surface area contributed by atoms with Crippen LogP contribution in [-0.2, 0) is 24.8 Å². The van der Waals surface area contributed by atoms with Crippen LogP contribution in [0, 0.1) is 24.1 Å². The van der Waals surface area contributed by atoms with Gasteiger partial charge in [-0.3, -0.25) is 19.4 Å². The van der Waals surface area contributed by atoms with Gasteiger partial charge >= 0.3 is 0 Å². The number of nitriles is 1. The Labute approximate surface area is 307 Å². The molecule has 0 bridgehead atoms. The van der Waals surface area contributed by atoms with E-state index in [0.29, 0.717) is 60.9 Å². The van der Waals surface area contributed by atoms with Crippen LogP contribution in [0.4, 0.5) is 15.9 Å². The minimum absolute atomic E-state index is 0.0150. The molecule has 0 spiro atoms. The molecule has 0 saturated carbocycles. The normalized spacial score (nSPS) is 15.8. The van der Waals surface area contributed by atoms with Gasteiger partial charge in [0.15, 0.2) is 11.6 Å². The van der Waals surface area contributed by atoms with Crippen molar-refractivity contribution >= 4 is 23.3 Å². The molecule has 2 aromatic heterocycles. The molecule has 1 fully saturated rings. The molecule has 0 aliphatic carbocycles. The molecular formula is C41H39FN6O5. The van der Waals surface area contributed by atoms with Crippen molar-refractivity contribution in [3.05, 3.63) is 124 Å². The lowest BCUT2D eigenvalue weighted by Crippen LogP contribution is -2.52. The number of anilines is 2. The first kappa shape index (κ1) is 35.4. The molecule has 2 aliphatic heterocycles. The molecule has 4 heterocycles. The maximum absolute atomic E-state index is 15.7. The van der Waals surface area contributed by atoms with Gasteiger partial charge in [-0.2, -0.15) is 5.26 Å². The van der Waals surface area contributed by atoms with Crippen LogP contribution in [0.25, 0.3) is 11.3 Å². The summed E-state index contributed by atoms with van der Waals surface area (Å²) in [6.07, 6.45) is 2.12. The molecule has 53 heavy (non-hydrogen) atoms. The second-order valence-corrected chi connectivity index (χ2v) is 13.3. The number of nitrogens with zero attached hydrogens (tertiary/aromatic N) is 6. The number of carbonyl (C=O) groups is 2. The molecule has 1 saturated heterocycles. The number of halogens is 1. The van der Waals surface area contributed by atoms with Gasteiger partial charge in [0.05, 0.1) is 48.8 Å². The highest BCUT2D eigenvalue weighted by molar-refractivity contribution is 6.12. The van der Waals surface area contributed by atoms with Gasteiger partial charge in [-0.05, 0) is 79.1 Å². The van der Waals surface area contributed by atoms with E-state index in [-0.39, 0.29) is 40.4 Å². The first-order valence-electron chi connectivity index (χ1n) is 17.4. The monoisotopic (exact) mass is 714 g/mol. The number of methoxy groups -OCH3 is 1. The highest BCUT2D eigenvalue weighted by atomic mass is 19.1. The van der Waals surface area contributed by atoms with Crippen LogP contribution in [0.2, 0.25) is 0 Å². The van der Waals surface area contributed by atoms with Crippen molar-refractivity contribution in [1.29, 1.82) is 5.26 Å². The number of rotatable bonds is 8. The van der Waals surface area contributed by atoms with E-state index in [4.69, 9.17) is 9.47 Å². The van der Waals surface area contributed by atoms with E-state index >= 15 is 4.39 Å². The first-order chi connectivity index (χ1) is 25.7. The summed E-state index contributed by atoms with van der Waals surface area (Å²) in [5, 5.41) is 19.6. The summed E-state index contributed by atoms with van der Waals surface area (Å²) in [6.45, 7) is 5.62. The summed E-state index contributed by atoms with van der Waals surface area (Å²) in [5.41, 5.74) is 4.78. The smallest absolute Gasteiger partial charge is 0.265 e. The molecule has 2 amide bonds. The zero-order valence-electron chi connectivity index (χ0n) is 29.8. The Kier molecular flexibility index (Phi) is 9.95. The summed E-state index contributed by atoms with van der Waals surface area (Å²) < 4.78 is 28.4. The van der Waals surface area contributed by atoms with Gasteiger partial charge in [0, 0.05) is 62.4 Å². The van der Waals surface area contributed by atoms with Crippen molar-refractivity contribution in [2.45, 2.75) is 25.9 Å². The Morgan fingerprint density at radius 1 is 1.04 bits per heavy atom. The lowest BCUT2D eigenvalue weighted by Gasteiger charge is -2.40. The number of morpholine rings is 1. The number of ether oxygens (including phenoxy) is 2. The standard InChI is InChI=1S/C41H39FN6O5/c1-26-33(41(51)48(30-8-10-32(49)11-9-30)39-18-27(23-43)12-13-44-39)21-37(45(26)2)34-20-36(42)38(52-3)22-35(34)40(50)47-24-29-7-5-4-6-28(29)19-31(47)25-46-14-16-53-17-15-46/h4-13,18,20-22,31,49H,14-17,19,24-25H2,1-3H3/t31-/m0/s1. The Balaban J connectivity index is 1.32.